The van der Waals surface area contributed by atoms with Gasteiger partial charge in [0, 0.05) is 0 Å². The van der Waals surface area contributed by atoms with E-state index in [0.29, 0.717) is 12.2 Å². The number of rotatable bonds is 0. The van der Waals surface area contributed by atoms with E-state index in [1.807, 2.05) is 0 Å². The van der Waals surface area contributed by atoms with Crippen LogP contribution in [0.4, 0.5) is 0 Å². The zero-order valence-corrected chi connectivity index (χ0v) is 9.05. The van der Waals surface area contributed by atoms with Gasteiger partial charge >= 0.3 is 0 Å². The molecule has 0 spiro atoms. The summed E-state index contributed by atoms with van der Waals surface area (Å²) in [6.07, 6.45) is 3.42. The zero-order valence-electron chi connectivity index (χ0n) is 9.05. The molecule has 0 N–H and O–H groups in total. The standard InChI is InChI=1S/C13H16O/c1-7-6-10-4-5-11-13(14-11)12(10)9(3)8(7)2/h6,11,13H,4-5H2,1-3H3. The second-order valence-corrected chi connectivity index (χ2v) is 4.65. The van der Waals surface area contributed by atoms with Crippen LogP contribution < -0.4 is 0 Å². The molecular weight excluding hydrogens is 172 g/mol. The highest BCUT2D eigenvalue weighted by Crippen LogP contribution is 2.48. The second kappa shape index (κ2) is 2.60. The van der Waals surface area contributed by atoms with Crippen LogP contribution in [0.15, 0.2) is 6.07 Å². The van der Waals surface area contributed by atoms with Crippen molar-refractivity contribution in [2.45, 2.75) is 45.8 Å². The number of fused-ring (bicyclic) bond motifs is 3. The van der Waals surface area contributed by atoms with Gasteiger partial charge in [0.2, 0.25) is 0 Å². The summed E-state index contributed by atoms with van der Waals surface area (Å²) < 4.78 is 5.68. The summed E-state index contributed by atoms with van der Waals surface area (Å²) in [5.41, 5.74) is 7.38. The topological polar surface area (TPSA) is 12.5 Å². The lowest BCUT2D eigenvalue weighted by Gasteiger charge is -2.18. The Bertz CT molecular complexity index is 406. The van der Waals surface area contributed by atoms with Crippen molar-refractivity contribution in [1.82, 2.24) is 0 Å². The lowest BCUT2D eigenvalue weighted by atomic mass is 9.85. The predicted octanol–water partition coefficient (Wildman–Crippen LogP) is 3.00. The van der Waals surface area contributed by atoms with Crippen LogP contribution in [0.3, 0.4) is 0 Å². The van der Waals surface area contributed by atoms with Gasteiger partial charge in [-0.25, -0.2) is 0 Å². The summed E-state index contributed by atoms with van der Waals surface area (Å²) in [4.78, 5) is 0. The van der Waals surface area contributed by atoms with Crippen molar-refractivity contribution >= 4 is 0 Å². The van der Waals surface area contributed by atoms with Crippen LogP contribution >= 0.6 is 0 Å². The first-order chi connectivity index (χ1) is 6.68. The van der Waals surface area contributed by atoms with E-state index in [4.69, 9.17) is 4.74 Å². The van der Waals surface area contributed by atoms with Gasteiger partial charge in [0.1, 0.15) is 6.10 Å². The maximum absolute atomic E-state index is 5.68. The fourth-order valence-electron chi connectivity index (χ4n) is 2.70. The molecule has 0 amide bonds. The Morgan fingerprint density at radius 1 is 1.21 bits per heavy atom. The number of ether oxygens (including phenoxy) is 1. The van der Waals surface area contributed by atoms with Gasteiger partial charge in [-0.2, -0.15) is 0 Å². The average Bonchev–Trinajstić information content (AvgIpc) is 2.92. The molecule has 14 heavy (non-hydrogen) atoms. The number of aryl methyl sites for hydroxylation is 2. The highest BCUT2D eigenvalue weighted by Gasteiger charge is 2.45. The molecule has 1 fully saturated rings. The molecule has 1 heteroatoms. The smallest absolute Gasteiger partial charge is 0.110 e. The third kappa shape index (κ3) is 0.992. The molecule has 2 aliphatic rings. The highest BCUT2D eigenvalue weighted by atomic mass is 16.6. The Kier molecular flexibility index (Phi) is 1.58. The fraction of sp³-hybridized carbons (Fsp3) is 0.538. The van der Waals surface area contributed by atoms with E-state index in [1.54, 1.807) is 0 Å². The van der Waals surface area contributed by atoms with E-state index in [0.717, 1.165) is 0 Å². The minimum absolute atomic E-state index is 0.443. The normalized spacial score (nSPS) is 28.2. The van der Waals surface area contributed by atoms with Gasteiger partial charge in [-0.05, 0) is 61.4 Å². The van der Waals surface area contributed by atoms with Crippen LogP contribution in [-0.2, 0) is 11.2 Å². The van der Waals surface area contributed by atoms with Gasteiger partial charge in [-0.3, -0.25) is 0 Å². The first kappa shape index (κ1) is 8.49. The first-order valence-electron chi connectivity index (χ1n) is 5.43. The van der Waals surface area contributed by atoms with Crippen LogP contribution in [-0.4, -0.2) is 6.10 Å². The highest BCUT2D eigenvalue weighted by molar-refractivity contribution is 5.48. The summed E-state index contributed by atoms with van der Waals surface area (Å²) in [6, 6.07) is 2.36. The quantitative estimate of drug-likeness (QED) is 0.570. The monoisotopic (exact) mass is 188 g/mol. The molecule has 0 saturated carbocycles. The van der Waals surface area contributed by atoms with Crippen LogP contribution in [0.5, 0.6) is 0 Å². The van der Waals surface area contributed by atoms with Crippen molar-refractivity contribution in [3.8, 4) is 0 Å². The Morgan fingerprint density at radius 3 is 2.79 bits per heavy atom. The van der Waals surface area contributed by atoms with Gasteiger partial charge in [0.15, 0.2) is 0 Å². The Balaban J connectivity index is 2.23. The van der Waals surface area contributed by atoms with E-state index in [1.165, 1.54) is 40.7 Å². The van der Waals surface area contributed by atoms with E-state index in [-0.39, 0.29) is 0 Å². The molecule has 0 bridgehead atoms. The van der Waals surface area contributed by atoms with Crippen LogP contribution in [0, 0.1) is 20.8 Å². The van der Waals surface area contributed by atoms with E-state index < -0.39 is 0 Å². The van der Waals surface area contributed by atoms with Crippen molar-refractivity contribution in [2.75, 3.05) is 0 Å². The largest absolute Gasteiger partial charge is 0.364 e. The van der Waals surface area contributed by atoms with Crippen molar-refractivity contribution in [2.24, 2.45) is 0 Å². The van der Waals surface area contributed by atoms with E-state index in [2.05, 4.69) is 26.8 Å². The maximum atomic E-state index is 5.68. The second-order valence-electron chi connectivity index (χ2n) is 4.65. The minimum atomic E-state index is 0.443. The molecule has 1 nitrogen and oxygen atoms in total. The molecule has 1 aliphatic carbocycles. The molecule has 1 saturated heterocycles. The number of epoxide rings is 1. The number of hydrogen-bond donors (Lipinski definition) is 0. The lowest BCUT2D eigenvalue weighted by molar-refractivity contribution is 0.372. The Hall–Kier alpha value is -0.820. The molecule has 2 unspecified atom stereocenters. The molecule has 1 heterocycles. The third-order valence-corrected chi connectivity index (χ3v) is 3.86. The molecular formula is C13H16O. The summed E-state index contributed by atoms with van der Waals surface area (Å²) >= 11 is 0. The van der Waals surface area contributed by atoms with E-state index >= 15 is 0 Å². The van der Waals surface area contributed by atoms with Crippen LogP contribution in [0.2, 0.25) is 0 Å². The molecule has 1 aliphatic heterocycles. The van der Waals surface area contributed by atoms with Gasteiger partial charge in [-0.15, -0.1) is 0 Å². The molecule has 1 aromatic rings. The molecule has 0 aromatic heterocycles. The summed E-state index contributed by atoms with van der Waals surface area (Å²) in [5.74, 6) is 0. The zero-order chi connectivity index (χ0) is 9.87. The van der Waals surface area contributed by atoms with Crippen molar-refractivity contribution in [3.05, 3.63) is 33.9 Å². The number of benzene rings is 1. The van der Waals surface area contributed by atoms with Crippen molar-refractivity contribution in [1.29, 1.82) is 0 Å². The van der Waals surface area contributed by atoms with Gasteiger partial charge in [0.05, 0.1) is 6.10 Å². The van der Waals surface area contributed by atoms with Crippen molar-refractivity contribution < 1.29 is 4.74 Å². The average molecular weight is 188 g/mol. The Morgan fingerprint density at radius 2 is 2.00 bits per heavy atom. The first-order valence-corrected chi connectivity index (χ1v) is 5.43. The molecule has 74 valence electrons. The molecule has 2 atom stereocenters. The van der Waals surface area contributed by atoms with Crippen LogP contribution in [0.25, 0.3) is 0 Å². The van der Waals surface area contributed by atoms with Gasteiger partial charge < -0.3 is 4.74 Å². The fourth-order valence-corrected chi connectivity index (χ4v) is 2.70. The predicted molar refractivity (Wildman–Crippen MR) is 56.6 cm³/mol. The van der Waals surface area contributed by atoms with Gasteiger partial charge in [0.25, 0.3) is 0 Å². The third-order valence-electron chi connectivity index (χ3n) is 3.86. The van der Waals surface area contributed by atoms with E-state index in [9.17, 15) is 0 Å². The minimum Gasteiger partial charge on any atom is -0.364 e. The molecule has 0 radical (unpaired) electrons. The SMILES string of the molecule is Cc1cc2c(c(C)c1C)C1OC1CC2. The van der Waals surface area contributed by atoms with Crippen LogP contribution in [0.1, 0.15) is 40.3 Å². The molecule has 3 rings (SSSR count). The summed E-state index contributed by atoms with van der Waals surface area (Å²) in [5, 5.41) is 0. The Labute approximate surface area is 85.1 Å². The van der Waals surface area contributed by atoms with Crippen molar-refractivity contribution in [3.63, 3.8) is 0 Å². The number of hydrogen-bond acceptors (Lipinski definition) is 1. The summed E-state index contributed by atoms with van der Waals surface area (Å²) in [6.45, 7) is 6.67. The summed E-state index contributed by atoms with van der Waals surface area (Å²) in [7, 11) is 0. The van der Waals surface area contributed by atoms with Gasteiger partial charge in [-0.1, -0.05) is 6.07 Å². The molecule has 1 aromatic carbocycles. The maximum Gasteiger partial charge on any atom is 0.110 e. The lowest BCUT2D eigenvalue weighted by Crippen LogP contribution is -2.08.